The van der Waals surface area contributed by atoms with Gasteiger partial charge in [-0.1, -0.05) is 29.8 Å². The largest absolute Gasteiger partial charge is 0.322 e. The van der Waals surface area contributed by atoms with Gasteiger partial charge >= 0.3 is 0 Å². The zero-order valence-electron chi connectivity index (χ0n) is 16.0. The Balaban J connectivity index is 1.69. The lowest BCUT2D eigenvalue weighted by atomic mass is 10.0. The van der Waals surface area contributed by atoms with E-state index >= 15 is 0 Å². The van der Waals surface area contributed by atoms with E-state index in [4.69, 9.17) is 0 Å². The van der Waals surface area contributed by atoms with Crippen LogP contribution in [-0.2, 0) is 11.3 Å². The van der Waals surface area contributed by atoms with E-state index in [1.165, 1.54) is 10.3 Å². The zero-order chi connectivity index (χ0) is 18.8. The number of benzene rings is 2. The third kappa shape index (κ3) is 3.94. The van der Waals surface area contributed by atoms with Gasteiger partial charge in [-0.3, -0.25) is 4.79 Å². The summed E-state index contributed by atoms with van der Waals surface area (Å²) >= 11 is 1.70. The normalized spacial score (nSPS) is 13.6. The van der Waals surface area contributed by atoms with Crippen molar-refractivity contribution in [2.45, 2.75) is 40.3 Å². The predicted octanol–water partition coefficient (Wildman–Crippen LogP) is 3.26. The van der Waals surface area contributed by atoms with Crippen molar-refractivity contribution in [1.82, 2.24) is 4.98 Å². The van der Waals surface area contributed by atoms with Crippen LogP contribution in [0.3, 0.4) is 0 Å². The van der Waals surface area contributed by atoms with Gasteiger partial charge in [0.1, 0.15) is 11.6 Å². The van der Waals surface area contributed by atoms with Crippen molar-refractivity contribution in [3.63, 3.8) is 0 Å². The maximum absolute atomic E-state index is 12.8. The molecule has 1 amide bonds. The summed E-state index contributed by atoms with van der Waals surface area (Å²) in [6.07, 6.45) is 0. The molecule has 26 heavy (non-hydrogen) atoms. The molecular weight excluding hydrogens is 342 g/mol. The van der Waals surface area contributed by atoms with Crippen LogP contribution in [0.25, 0.3) is 10.2 Å². The molecule has 2 N–H and O–H groups in total. The van der Waals surface area contributed by atoms with Crippen LogP contribution < -0.4 is 10.2 Å². The SMILES string of the molecule is Cc1cc(C)c(NC(=O)[C@@H](C)[NH+](C)Cc2nc3ccccc3s2)c(C)c1. The van der Waals surface area contributed by atoms with E-state index in [2.05, 4.69) is 35.4 Å². The van der Waals surface area contributed by atoms with Crippen molar-refractivity contribution in [3.05, 3.63) is 58.1 Å². The first-order valence-electron chi connectivity index (χ1n) is 8.90. The predicted molar refractivity (Wildman–Crippen MR) is 109 cm³/mol. The Labute approximate surface area is 158 Å². The lowest BCUT2D eigenvalue weighted by Gasteiger charge is -2.21. The standard InChI is InChI=1S/C21H25N3OS/c1-13-10-14(2)20(15(3)11-13)23-21(25)16(4)24(5)12-19-22-17-8-6-7-9-18(17)26-19/h6-11,16H,12H2,1-5H3,(H,23,25)/p+1/t16-/m1/s1. The number of aryl methyl sites for hydroxylation is 3. The van der Waals surface area contributed by atoms with Gasteiger partial charge in [0.25, 0.3) is 5.91 Å². The summed E-state index contributed by atoms with van der Waals surface area (Å²) in [7, 11) is 2.05. The zero-order valence-corrected chi connectivity index (χ0v) is 16.8. The molecule has 0 fully saturated rings. The van der Waals surface area contributed by atoms with Gasteiger partial charge in [0.2, 0.25) is 0 Å². The molecule has 0 saturated carbocycles. The molecule has 0 aliphatic rings. The van der Waals surface area contributed by atoms with Gasteiger partial charge in [0.15, 0.2) is 6.04 Å². The Morgan fingerprint density at radius 2 is 1.85 bits per heavy atom. The summed E-state index contributed by atoms with van der Waals surface area (Å²) in [5.74, 6) is 0.0404. The second-order valence-corrected chi connectivity index (χ2v) is 8.20. The highest BCUT2D eigenvalue weighted by Gasteiger charge is 2.24. The number of rotatable bonds is 5. The highest BCUT2D eigenvalue weighted by Crippen LogP contribution is 2.22. The first-order chi connectivity index (χ1) is 12.3. The average Bonchev–Trinajstić information content (AvgIpc) is 2.99. The summed E-state index contributed by atoms with van der Waals surface area (Å²) in [5, 5.41) is 4.18. The van der Waals surface area contributed by atoms with E-state index in [0.29, 0.717) is 0 Å². The number of aromatic nitrogens is 1. The van der Waals surface area contributed by atoms with E-state index in [-0.39, 0.29) is 11.9 Å². The fourth-order valence-electron chi connectivity index (χ4n) is 3.22. The Bertz CT molecular complexity index is 891. The van der Waals surface area contributed by atoms with Crippen LogP contribution >= 0.6 is 11.3 Å². The van der Waals surface area contributed by atoms with Crippen LogP contribution in [0.2, 0.25) is 0 Å². The molecule has 0 radical (unpaired) electrons. The number of anilines is 1. The third-order valence-corrected chi connectivity index (χ3v) is 5.86. The molecule has 1 heterocycles. The smallest absolute Gasteiger partial charge is 0.282 e. The van der Waals surface area contributed by atoms with E-state index < -0.39 is 0 Å². The van der Waals surface area contributed by atoms with Gasteiger partial charge < -0.3 is 10.2 Å². The number of para-hydroxylation sites is 1. The first-order valence-corrected chi connectivity index (χ1v) is 9.72. The van der Waals surface area contributed by atoms with Crippen molar-refractivity contribution in [3.8, 4) is 0 Å². The number of thiazole rings is 1. The number of amides is 1. The second kappa shape index (κ2) is 7.56. The van der Waals surface area contributed by atoms with Crippen molar-refractivity contribution in [1.29, 1.82) is 0 Å². The maximum atomic E-state index is 12.8. The van der Waals surface area contributed by atoms with E-state index in [0.717, 1.165) is 38.8 Å². The van der Waals surface area contributed by atoms with Gasteiger partial charge in [0, 0.05) is 5.69 Å². The quantitative estimate of drug-likeness (QED) is 0.726. The summed E-state index contributed by atoms with van der Waals surface area (Å²) in [5.41, 5.74) is 5.38. The number of hydrogen-bond donors (Lipinski definition) is 2. The molecule has 136 valence electrons. The minimum atomic E-state index is -0.165. The number of nitrogens with one attached hydrogen (secondary N) is 2. The van der Waals surface area contributed by atoms with Gasteiger partial charge in [0.05, 0.1) is 17.3 Å². The van der Waals surface area contributed by atoms with Crippen molar-refractivity contribution in [2.24, 2.45) is 0 Å². The number of carbonyl (C=O) groups is 1. The van der Waals surface area contributed by atoms with Crippen molar-refractivity contribution in [2.75, 3.05) is 12.4 Å². The number of fused-ring (bicyclic) bond motifs is 1. The first kappa shape index (κ1) is 18.5. The van der Waals surface area contributed by atoms with Gasteiger partial charge in [-0.05, 0) is 51.0 Å². The van der Waals surface area contributed by atoms with Gasteiger partial charge in [-0.15, -0.1) is 11.3 Å². The molecule has 0 aliphatic heterocycles. The van der Waals surface area contributed by atoms with Crippen molar-refractivity contribution >= 4 is 33.1 Å². The molecule has 3 aromatic rings. The highest BCUT2D eigenvalue weighted by atomic mass is 32.1. The van der Waals surface area contributed by atoms with Crippen LogP contribution in [-0.4, -0.2) is 24.0 Å². The van der Waals surface area contributed by atoms with Crippen LogP contribution in [0, 0.1) is 20.8 Å². The summed E-state index contributed by atoms with van der Waals surface area (Å²) < 4.78 is 1.19. The molecule has 0 saturated heterocycles. The monoisotopic (exact) mass is 368 g/mol. The minimum absolute atomic E-state index is 0.0404. The lowest BCUT2D eigenvalue weighted by Crippen LogP contribution is -3.12. The number of quaternary nitrogens is 1. The fraction of sp³-hybridized carbons (Fsp3) is 0.333. The summed E-state index contributed by atoms with van der Waals surface area (Å²) in [6.45, 7) is 8.86. The highest BCUT2D eigenvalue weighted by molar-refractivity contribution is 7.18. The lowest BCUT2D eigenvalue weighted by molar-refractivity contribution is -0.907. The van der Waals surface area contributed by atoms with Crippen molar-refractivity contribution < 1.29 is 9.69 Å². The summed E-state index contributed by atoms with van der Waals surface area (Å²) in [6, 6.07) is 12.2. The number of carbonyl (C=O) groups excluding carboxylic acids is 1. The molecule has 2 atom stereocenters. The molecular formula is C21H26N3OS+. The number of nitrogens with zero attached hydrogens (tertiary/aromatic N) is 1. The van der Waals surface area contributed by atoms with Gasteiger partial charge in [-0.25, -0.2) is 4.98 Å². The van der Waals surface area contributed by atoms with Crippen LogP contribution in [0.15, 0.2) is 36.4 Å². The molecule has 2 aromatic carbocycles. The average molecular weight is 369 g/mol. The Hall–Kier alpha value is -2.24. The van der Waals surface area contributed by atoms with Gasteiger partial charge in [-0.2, -0.15) is 0 Å². The van der Waals surface area contributed by atoms with E-state index in [9.17, 15) is 4.79 Å². The number of hydrogen-bond acceptors (Lipinski definition) is 3. The third-order valence-electron chi connectivity index (χ3n) is 4.83. The number of likely N-dealkylation sites (N-methyl/N-ethyl adjacent to an activating group) is 1. The molecule has 5 heteroatoms. The molecule has 0 bridgehead atoms. The molecule has 3 rings (SSSR count). The second-order valence-electron chi connectivity index (χ2n) is 7.08. The van der Waals surface area contributed by atoms with E-state index in [1.54, 1.807) is 11.3 Å². The van der Waals surface area contributed by atoms with Crippen LogP contribution in [0.4, 0.5) is 5.69 Å². The molecule has 0 spiro atoms. The van der Waals surface area contributed by atoms with Crippen LogP contribution in [0.5, 0.6) is 0 Å². The van der Waals surface area contributed by atoms with E-state index in [1.807, 2.05) is 46.0 Å². The Morgan fingerprint density at radius 1 is 1.19 bits per heavy atom. The minimum Gasteiger partial charge on any atom is -0.322 e. The molecule has 4 nitrogen and oxygen atoms in total. The Kier molecular flexibility index (Phi) is 5.39. The molecule has 0 aliphatic carbocycles. The fourth-order valence-corrected chi connectivity index (χ4v) is 4.28. The topological polar surface area (TPSA) is 46.4 Å². The Morgan fingerprint density at radius 3 is 2.50 bits per heavy atom. The van der Waals surface area contributed by atoms with Crippen LogP contribution in [0.1, 0.15) is 28.6 Å². The molecule has 1 aromatic heterocycles. The molecule has 1 unspecified atom stereocenters. The maximum Gasteiger partial charge on any atom is 0.282 e. The summed E-state index contributed by atoms with van der Waals surface area (Å²) in [4.78, 5) is 18.6.